The summed E-state index contributed by atoms with van der Waals surface area (Å²) in [5, 5.41) is 3.39. The molecule has 0 spiro atoms. The molecule has 1 aromatic heterocycles. The first-order valence-electron chi connectivity index (χ1n) is 6.27. The van der Waals surface area contributed by atoms with Gasteiger partial charge in [0.2, 0.25) is 0 Å². The minimum atomic E-state index is 0.373. The second-order valence-corrected chi connectivity index (χ2v) is 6.58. The lowest BCUT2D eigenvalue weighted by Gasteiger charge is -2.10. The molecule has 0 saturated heterocycles. The Balaban J connectivity index is 2.07. The quantitative estimate of drug-likeness (QED) is 0.820. The van der Waals surface area contributed by atoms with Crippen molar-refractivity contribution in [3.05, 3.63) is 23.9 Å². The van der Waals surface area contributed by atoms with Crippen molar-refractivity contribution < 1.29 is 0 Å². The summed E-state index contributed by atoms with van der Waals surface area (Å²) in [6, 6.07) is 3.76. The summed E-state index contributed by atoms with van der Waals surface area (Å²) in [5.41, 5.74) is 7.26. The van der Waals surface area contributed by atoms with Crippen molar-refractivity contribution in [2.75, 3.05) is 11.9 Å². The predicted octanol–water partition coefficient (Wildman–Crippen LogP) is 2.81. The Hall–Kier alpha value is -1.16. The molecular formula is C14H21N3S. The van der Waals surface area contributed by atoms with Crippen LogP contribution < -0.4 is 11.1 Å². The van der Waals surface area contributed by atoms with Gasteiger partial charge in [0.15, 0.2) is 0 Å². The summed E-state index contributed by atoms with van der Waals surface area (Å²) in [6.45, 7) is 10.2. The van der Waals surface area contributed by atoms with Crippen molar-refractivity contribution in [1.29, 1.82) is 0 Å². The molecule has 0 unspecified atom stereocenters. The third-order valence-corrected chi connectivity index (χ3v) is 5.09. The van der Waals surface area contributed by atoms with Crippen LogP contribution in [-0.2, 0) is 0 Å². The largest absolute Gasteiger partial charge is 0.389 e. The highest BCUT2D eigenvalue weighted by atomic mass is 32.1. The van der Waals surface area contributed by atoms with Crippen LogP contribution in [0, 0.1) is 16.7 Å². The fourth-order valence-corrected chi connectivity index (χ4v) is 2.95. The second kappa shape index (κ2) is 4.19. The Morgan fingerprint density at radius 3 is 2.50 bits per heavy atom. The van der Waals surface area contributed by atoms with Gasteiger partial charge in [-0.15, -0.1) is 0 Å². The smallest absolute Gasteiger partial charge is 0.136 e. The number of pyridine rings is 1. The van der Waals surface area contributed by atoms with Gasteiger partial charge < -0.3 is 11.1 Å². The Bertz CT molecular complexity index is 466. The Morgan fingerprint density at radius 2 is 2.00 bits per heavy atom. The first-order chi connectivity index (χ1) is 8.28. The molecule has 1 saturated carbocycles. The van der Waals surface area contributed by atoms with Gasteiger partial charge in [-0.1, -0.05) is 39.9 Å². The SMILES string of the molecule is CC1(C)C(CNc2ncccc2C(N)=S)C1(C)C. The van der Waals surface area contributed by atoms with E-state index in [9.17, 15) is 0 Å². The van der Waals surface area contributed by atoms with Gasteiger partial charge in [-0.3, -0.25) is 0 Å². The van der Waals surface area contributed by atoms with Crippen LogP contribution in [0.1, 0.15) is 33.3 Å². The molecular weight excluding hydrogens is 242 g/mol. The van der Waals surface area contributed by atoms with Crippen molar-refractivity contribution in [2.24, 2.45) is 22.5 Å². The monoisotopic (exact) mass is 263 g/mol. The topological polar surface area (TPSA) is 50.9 Å². The van der Waals surface area contributed by atoms with Gasteiger partial charge in [-0.2, -0.15) is 0 Å². The molecule has 0 amide bonds. The zero-order chi connectivity index (χ0) is 13.6. The number of hydrogen-bond donors (Lipinski definition) is 2. The van der Waals surface area contributed by atoms with E-state index in [0.717, 1.165) is 17.9 Å². The van der Waals surface area contributed by atoms with Crippen LogP contribution >= 0.6 is 12.2 Å². The van der Waals surface area contributed by atoms with Crippen LogP contribution in [0.3, 0.4) is 0 Å². The van der Waals surface area contributed by atoms with Crippen molar-refractivity contribution >= 4 is 23.0 Å². The Morgan fingerprint density at radius 1 is 1.39 bits per heavy atom. The molecule has 18 heavy (non-hydrogen) atoms. The van der Waals surface area contributed by atoms with Gasteiger partial charge in [0.1, 0.15) is 10.8 Å². The number of hydrogen-bond acceptors (Lipinski definition) is 3. The van der Waals surface area contributed by atoms with E-state index in [4.69, 9.17) is 18.0 Å². The van der Waals surface area contributed by atoms with E-state index < -0.39 is 0 Å². The number of nitrogens with one attached hydrogen (secondary N) is 1. The lowest BCUT2D eigenvalue weighted by atomic mass is 10.0. The number of anilines is 1. The van der Waals surface area contributed by atoms with Crippen molar-refractivity contribution in [3.63, 3.8) is 0 Å². The highest BCUT2D eigenvalue weighted by molar-refractivity contribution is 7.80. The van der Waals surface area contributed by atoms with Gasteiger partial charge in [0, 0.05) is 12.7 Å². The van der Waals surface area contributed by atoms with E-state index in [-0.39, 0.29) is 0 Å². The van der Waals surface area contributed by atoms with Crippen molar-refractivity contribution in [2.45, 2.75) is 27.7 Å². The zero-order valence-electron chi connectivity index (χ0n) is 11.4. The van der Waals surface area contributed by atoms with Crippen LogP contribution in [0.15, 0.2) is 18.3 Å². The maximum Gasteiger partial charge on any atom is 0.136 e. The van der Waals surface area contributed by atoms with Crippen LogP contribution in [-0.4, -0.2) is 16.5 Å². The molecule has 0 radical (unpaired) electrons. The molecule has 1 aromatic rings. The van der Waals surface area contributed by atoms with Crippen LogP contribution in [0.4, 0.5) is 5.82 Å². The minimum Gasteiger partial charge on any atom is -0.389 e. The highest BCUT2D eigenvalue weighted by Crippen LogP contribution is 2.68. The van der Waals surface area contributed by atoms with E-state index in [1.807, 2.05) is 12.1 Å². The first-order valence-corrected chi connectivity index (χ1v) is 6.68. The lowest BCUT2D eigenvalue weighted by molar-refractivity contribution is 0.457. The van der Waals surface area contributed by atoms with E-state index >= 15 is 0 Å². The third-order valence-electron chi connectivity index (χ3n) is 4.87. The lowest BCUT2D eigenvalue weighted by Crippen LogP contribution is -2.16. The molecule has 0 aliphatic heterocycles. The van der Waals surface area contributed by atoms with E-state index in [1.165, 1.54) is 0 Å². The molecule has 0 atom stereocenters. The zero-order valence-corrected chi connectivity index (χ0v) is 12.3. The molecule has 0 bridgehead atoms. The Kier molecular flexibility index (Phi) is 3.09. The number of nitrogens with two attached hydrogens (primary N) is 1. The molecule has 1 aliphatic carbocycles. The summed E-state index contributed by atoms with van der Waals surface area (Å²) in [6.07, 6.45) is 1.76. The van der Waals surface area contributed by atoms with Gasteiger partial charge in [-0.25, -0.2) is 4.98 Å². The fourth-order valence-electron chi connectivity index (χ4n) is 2.79. The summed E-state index contributed by atoms with van der Waals surface area (Å²) < 4.78 is 0. The molecule has 1 fully saturated rings. The standard InChI is InChI=1S/C14H21N3S/c1-13(2)10(14(13,3)4)8-17-12-9(11(15)18)6-5-7-16-12/h5-7,10H,8H2,1-4H3,(H2,15,18)(H,16,17). The normalized spacial score (nSPS) is 20.4. The van der Waals surface area contributed by atoms with E-state index in [2.05, 4.69) is 38.0 Å². The maximum atomic E-state index is 5.69. The predicted molar refractivity (Wildman–Crippen MR) is 79.7 cm³/mol. The van der Waals surface area contributed by atoms with Crippen LogP contribution in [0.5, 0.6) is 0 Å². The number of nitrogens with zero attached hydrogens (tertiary/aromatic N) is 1. The maximum absolute atomic E-state index is 5.69. The fraction of sp³-hybridized carbons (Fsp3) is 0.571. The molecule has 1 heterocycles. The number of rotatable bonds is 4. The average molecular weight is 263 g/mol. The summed E-state index contributed by atoms with van der Waals surface area (Å²) in [7, 11) is 0. The molecule has 1 aliphatic rings. The van der Waals surface area contributed by atoms with Gasteiger partial charge in [0.05, 0.1) is 5.56 Å². The highest BCUT2D eigenvalue weighted by Gasteiger charge is 2.64. The van der Waals surface area contributed by atoms with E-state index in [1.54, 1.807) is 6.20 Å². The average Bonchev–Trinajstić information content (AvgIpc) is 2.67. The summed E-state index contributed by atoms with van der Waals surface area (Å²) >= 11 is 5.03. The summed E-state index contributed by atoms with van der Waals surface area (Å²) in [5.74, 6) is 1.44. The molecule has 0 aromatic carbocycles. The minimum absolute atomic E-state index is 0.373. The molecule has 2 rings (SSSR count). The van der Waals surface area contributed by atoms with Crippen LogP contribution in [0.2, 0.25) is 0 Å². The second-order valence-electron chi connectivity index (χ2n) is 6.14. The van der Waals surface area contributed by atoms with Gasteiger partial charge in [-0.05, 0) is 28.9 Å². The van der Waals surface area contributed by atoms with Crippen molar-refractivity contribution in [3.8, 4) is 0 Å². The number of thiocarbonyl (C=S) groups is 1. The van der Waals surface area contributed by atoms with Gasteiger partial charge in [0.25, 0.3) is 0 Å². The number of aromatic nitrogens is 1. The molecule has 4 heteroatoms. The molecule has 3 nitrogen and oxygen atoms in total. The van der Waals surface area contributed by atoms with Gasteiger partial charge >= 0.3 is 0 Å². The van der Waals surface area contributed by atoms with Crippen molar-refractivity contribution in [1.82, 2.24) is 4.98 Å². The van der Waals surface area contributed by atoms with Crippen LogP contribution in [0.25, 0.3) is 0 Å². The Labute approximate surface area is 114 Å². The molecule has 3 N–H and O–H groups in total. The first kappa shape index (κ1) is 13.3. The third kappa shape index (κ3) is 1.99. The summed E-state index contributed by atoms with van der Waals surface area (Å²) in [4.78, 5) is 4.71. The van der Waals surface area contributed by atoms with E-state index in [0.29, 0.717) is 21.7 Å². The molecule has 98 valence electrons.